The molecule has 2 atom stereocenters. The molecular weight excluding hydrogens is 464 g/mol. The van der Waals surface area contributed by atoms with Crippen LogP contribution < -0.4 is 15.4 Å². The Hall–Kier alpha value is -3.40. The van der Waals surface area contributed by atoms with Crippen LogP contribution in [0.15, 0.2) is 34.9 Å². The molecule has 2 heterocycles. The van der Waals surface area contributed by atoms with Crippen molar-refractivity contribution in [1.82, 2.24) is 15.4 Å². The summed E-state index contributed by atoms with van der Waals surface area (Å²) in [6.07, 6.45) is 1.37. The summed E-state index contributed by atoms with van der Waals surface area (Å²) in [6, 6.07) is 7.78. The quantitative estimate of drug-likeness (QED) is 0.513. The second kappa shape index (κ2) is 12.0. The van der Waals surface area contributed by atoms with Crippen LogP contribution in [0.3, 0.4) is 0 Å². The van der Waals surface area contributed by atoms with Gasteiger partial charge in [0, 0.05) is 37.6 Å². The van der Waals surface area contributed by atoms with Crippen molar-refractivity contribution in [3.05, 3.63) is 41.7 Å². The van der Waals surface area contributed by atoms with Crippen LogP contribution in [0, 0.1) is 6.92 Å². The molecule has 10 heteroatoms. The second-order valence-corrected chi connectivity index (χ2v) is 9.97. The van der Waals surface area contributed by atoms with Gasteiger partial charge >= 0.3 is 0 Å². The Labute approximate surface area is 211 Å². The van der Waals surface area contributed by atoms with E-state index >= 15 is 0 Å². The van der Waals surface area contributed by atoms with Gasteiger partial charge in [0.2, 0.25) is 17.7 Å². The highest BCUT2D eigenvalue weighted by atomic mass is 16.5. The lowest BCUT2D eigenvalue weighted by Crippen LogP contribution is -2.50. The van der Waals surface area contributed by atoms with Gasteiger partial charge < -0.3 is 29.5 Å². The van der Waals surface area contributed by atoms with E-state index in [0.717, 1.165) is 12.8 Å². The number of methoxy groups -OCH3 is 1. The van der Waals surface area contributed by atoms with Crippen molar-refractivity contribution in [1.29, 1.82) is 0 Å². The summed E-state index contributed by atoms with van der Waals surface area (Å²) in [4.78, 5) is 41.1. The Morgan fingerprint density at radius 2 is 1.92 bits per heavy atom. The summed E-state index contributed by atoms with van der Waals surface area (Å²) >= 11 is 0. The molecule has 1 aliphatic rings. The molecule has 2 aromatic rings. The molecule has 1 fully saturated rings. The standard InChI is InChI=1S/C26H36N4O6/c1-17-15-21(29-36-17)27-22(31)12-13-23(32)30(16-20-7-6-14-35-20)24(25(33)28-26(2,3)4)18-8-10-19(34-5)11-9-18/h8-11,15,20,24H,6-7,12-14,16H2,1-5H3,(H,28,33)(H,27,29,31)/t20-,24-/m0/s1. The van der Waals surface area contributed by atoms with Crippen LogP contribution in [0.4, 0.5) is 5.82 Å². The first-order chi connectivity index (χ1) is 17.1. The van der Waals surface area contributed by atoms with E-state index in [0.29, 0.717) is 29.5 Å². The van der Waals surface area contributed by atoms with Crippen molar-refractivity contribution in [2.24, 2.45) is 0 Å². The lowest BCUT2D eigenvalue weighted by atomic mass is 10.00. The molecule has 0 saturated carbocycles. The SMILES string of the molecule is COc1ccc([C@@H](C(=O)NC(C)(C)C)N(C[C@@H]2CCCO2)C(=O)CCC(=O)Nc2cc(C)on2)cc1. The first kappa shape index (κ1) is 27.2. The Morgan fingerprint density at radius 3 is 2.47 bits per heavy atom. The van der Waals surface area contributed by atoms with Gasteiger partial charge in [0.15, 0.2) is 5.82 Å². The molecule has 36 heavy (non-hydrogen) atoms. The monoisotopic (exact) mass is 500 g/mol. The molecule has 2 N–H and O–H groups in total. The van der Waals surface area contributed by atoms with E-state index in [1.54, 1.807) is 44.4 Å². The topological polar surface area (TPSA) is 123 Å². The number of nitrogens with one attached hydrogen (secondary N) is 2. The summed E-state index contributed by atoms with van der Waals surface area (Å²) in [7, 11) is 1.57. The van der Waals surface area contributed by atoms with Crippen molar-refractivity contribution in [3.63, 3.8) is 0 Å². The number of hydrogen-bond acceptors (Lipinski definition) is 7. The highest BCUT2D eigenvalue weighted by Crippen LogP contribution is 2.28. The first-order valence-corrected chi connectivity index (χ1v) is 12.2. The van der Waals surface area contributed by atoms with Gasteiger partial charge in [-0.3, -0.25) is 14.4 Å². The summed E-state index contributed by atoms with van der Waals surface area (Å²) < 4.78 is 16.0. The number of amides is 3. The maximum atomic E-state index is 13.6. The fourth-order valence-corrected chi connectivity index (χ4v) is 4.05. The lowest BCUT2D eigenvalue weighted by Gasteiger charge is -2.35. The molecule has 3 amide bonds. The predicted molar refractivity (Wildman–Crippen MR) is 133 cm³/mol. The molecule has 0 unspecified atom stereocenters. The molecule has 1 saturated heterocycles. The maximum Gasteiger partial charge on any atom is 0.247 e. The largest absolute Gasteiger partial charge is 0.497 e. The molecule has 1 aromatic heterocycles. The molecule has 0 spiro atoms. The Morgan fingerprint density at radius 1 is 1.19 bits per heavy atom. The minimum absolute atomic E-state index is 0.0665. The van der Waals surface area contributed by atoms with Gasteiger partial charge in [-0.15, -0.1) is 0 Å². The first-order valence-electron chi connectivity index (χ1n) is 12.2. The molecule has 10 nitrogen and oxygen atoms in total. The number of anilines is 1. The highest BCUT2D eigenvalue weighted by Gasteiger charge is 2.35. The van der Waals surface area contributed by atoms with Crippen LogP contribution >= 0.6 is 0 Å². The zero-order valence-electron chi connectivity index (χ0n) is 21.6. The van der Waals surface area contributed by atoms with Crippen molar-refractivity contribution >= 4 is 23.5 Å². The van der Waals surface area contributed by atoms with Crippen LogP contribution in [0.2, 0.25) is 0 Å². The third-order valence-corrected chi connectivity index (χ3v) is 5.70. The van der Waals surface area contributed by atoms with Gasteiger partial charge in [0.05, 0.1) is 13.2 Å². The van der Waals surface area contributed by atoms with Crippen molar-refractivity contribution < 1.29 is 28.4 Å². The molecule has 1 aliphatic heterocycles. The normalized spacial score (nSPS) is 16.3. The van der Waals surface area contributed by atoms with Crippen LogP contribution in [0.5, 0.6) is 5.75 Å². The van der Waals surface area contributed by atoms with Crippen LogP contribution in [-0.2, 0) is 19.1 Å². The number of nitrogens with zero attached hydrogens (tertiary/aromatic N) is 2. The van der Waals surface area contributed by atoms with E-state index in [2.05, 4.69) is 15.8 Å². The number of aromatic nitrogens is 1. The van der Waals surface area contributed by atoms with Crippen LogP contribution in [0.25, 0.3) is 0 Å². The number of carbonyl (C=O) groups is 3. The van der Waals surface area contributed by atoms with Crippen LogP contribution in [-0.4, -0.2) is 59.7 Å². The minimum atomic E-state index is -0.895. The number of aryl methyl sites for hydroxylation is 1. The fraction of sp³-hybridized carbons (Fsp3) is 0.538. The van der Waals surface area contributed by atoms with Crippen LogP contribution in [0.1, 0.15) is 63.8 Å². The molecule has 1 aromatic carbocycles. The average Bonchev–Trinajstić information content (AvgIpc) is 3.48. The zero-order chi connectivity index (χ0) is 26.3. The molecular formula is C26H36N4O6. The number of carbonyl (C=O) groups excluding carboxylic acids is 3. The van der Waals surface area contributed by atoms with Gasteiger partial charge in [-0.25, -0.2) is 0 Å². The number of rotatable bonds is 10. The minimum Gasteiger partial charge on any atom is -0.497 e. The van der Waals surface area contributed by atoms with Crippen molar-refractivity contribution in [2.75, 3.05) is 25.6 Å². The highest BCUT2D eigenvalue weighted by molar-refractivity contribution is 5.94. The molecule has 3 rings (SSSR count). The predicted octanol–water partition coefficient (Wildman–Crippen LogP) is 3.37. The summed E-state index contributed by atoms with van der Waals surface area (Å²) in [5, 5.41) is 9.37. The molecule has 0 aliphatic carbocycles. The van der Waals surface area contributed by atoms with E-state index in [1.807, 2.05) is 20.8 Å². The van der Waals surface area contributed by atoms with E-state index in [4.69, 9.17) is 14.0 Å². The Kier molecular flexibility index (Phi) is 9.08. The van der Waals surface area contributed by atoms with Crippen molar-refractivity contribution in [3.8, 4) is 5.75 Å². The Bertz CT molecular complexity index is 1040. The molecule has 0 bridgehead atoms. The van der Waals surface area contributed by atoms with Gasteiger partial charge in [-0.1, -0.05) is 17.3 Å². The summed E-state index contributed by atoms with van der Waals surface area (Å²) in [6.45, 7) is 8.25. The third kappa shape index (κ3) is 7.81. The molecule has 0 radical (unpaired) electrons. The van der Waals surface area contributed by atoms with E-state index in [9.17, 15) is 14.4 Å². The van der Waals surface area contributed by atoms with Crippen molar-refractivity contribution in [2.45, 2.75) is 71.1 Å². The van der Waals surface area contributed by atoms with Gasteiger partial charge in [0.1, 0.15) is 17.6 Å². The maximum absolute atomic E-state index is 13.6. The van der Waals surface area contributed by atoms with E-state index < -0.39 is 11.6 Å². The fourth-order valence-electron chi connectivity index (χ4n) is 4.05. The van der Waals surface area contributed by atoms with E-state index in [1.165, 1.54) is 4.90 Å². The lowest BCUT2D eigenvalue weighted by molar-refractivity contribution is -0.143. The van der Waals surface area contributed by atoms with E-state index in [-0.39, 0.29) is 43.2 Å². The average molecular weight is 501 g/mol. The number of benzene rings is 1. The smallest absolute Gasteiger partial charge is 0.247 e. The third-order valence-electron chi connectivity index (χ3n) is 5.70. The van der Waals surface area contributed by atoms with Gasteiger partial charge in [-0.2, -0.15) is 0 Å². The zero-order valence-corrected chi connectivity index (χ0v) is 21.6. The second-order valence-electron chi connectivity index (χ2n) is 9.97. The summed E-state index contributed by atoms with van der Waals surface area (Å²) in [5.74, 6) is 0.515. The number of hydrogen-bond donors (Lipinski definition) is 2. The van der Waals surface area contributed by atoms with Gasteiger partial charge in [0.25, 0.3) is 0 Å². The summed E-state index contributed by atoms with van der Waals surface area (Å²) in [5.41, 5.74) is 0.141. The molecule has 196 valence electrons. The Balaban J connectivity index is 1.84. The van der Waals surface area contributed by atoms with Gasteiger partial charge in [-0.05, 0) is 58.2 Å². The number of ether oxygens (including phenoxy) is 2.